The summed E-state index contributed by atoms with van der Waals surface area (Å²) in [4.78, 5) is 50.8. The van der Waals surface area contributed by atoms with Gasteiger partial charge in [0.1, 0.15) is 12.1 Å². The number of likely N-dealkylation sites (tertiary alicyclic amines) is 1. The fraction of sp³-hybridized carbons (Fsp3) is 0.515. The lowest BCUT2D eigenvalue weighted by Gasteiger charge is -2.36. The van der Waals surface area contributed by atoms with Crippen LogP contribution in [0.15, 0.2) is 54.6 Å². The van der Waals surface area contributed by atoms with Gasteiger partial charge in [0.05, 0.1) is 12.1 Å². The molecule has 2 aromatic carbocycles. The fourth-order valence-electron chi connectivity index (χ4n) is 5.52. The van der Waals surface area contributed by atoms with E-state index in [2.05, 4.69) is 28.1 Å². The maximum atomic E-state index is 13.8. The first-order chi connectivity index (χ1) is 20.7. The average molecular weight is 617 g/mol. The van der Waals surface area contributed by atoms with Crippen molar-refractivity contribution in [3.05, 3.63) is 71.3 Å². The first kappa shape index (κ1) is 34.8. The summed E-state index contributed by atoms with van der Waals surface area (Å²) in [5, 5.41) is 9.48. The zero-order chi connectivity index (χ0) is 32.5. The molecule has 11 heteroatoms. The number of benzene rings is 2. The summed E-state index contributed by atoms with van der Waals surface area (Å²) >= 11 is 0. The highest BCUT2D eigenvalue weighted by Gasteiger charge is 2.42. The summed E-state index contributed by atoms with van der Waals surface area (Å²) in [5.41, 5.74) is 3.04. The monoisotopic (exact) mass is 616 g/mol. The van der Waals surface area contributed by atoms with Crippen molar-refractivity contribution in [3.63, 3.8) is 0 Å². The summed E-state index contributed by atoms with van der Waals surface area (Å²) in [6, 6.07) is 16.4. The maximum absolute atomic E-state index is 13.8. The van der Waals surface area contributed by atoms with Gasteiger partial charge in [0, 0.05) is 13.1 Å². The van der Waals surface area contributed by atoms with E-state index in [1.807, 2.05) is 63.2 Å². The lowest BCUT2D eigenvalue weighted by Crippen LogP contribution is -2.59. The molecule has 4 atom stereocenters. The van der Waals surface area contributed by atoms with Crippen molar-refractivity contribution in [1.82, 2.24) is 20.9 Å². The van der Waals surface area contributed by atoms with Gasteiger partial charge >= 0.3 is 6.18 Å². The highest BCUT2D eigenvalue weighted by Crippen LogP contribution is 2.31. The van der Waals surface area contributed by atoms with Crippen molar-refractivity contribution in [1.29, 1.82) is 0 Å². The van der Waals surface area contributed by atoms with Crippen molar-refractivity contribution in [3.8, 4) is 0 Å². The predicted octanol–water partition coefficient (Wildman–Crippen LogP) is 4.63. The Kier molecular flexibility index (Phi) is 12.1. The molecular weight excluding hydrogens is 573 g/mol. The molecule has 1 saturated heterocycles. The highest BCUT2D eigenvalue weighted by molar-refractivity contribution is 5.94. The van der Waals surface area contributed by atoms with E-state index in [0.29, 0.717) is 19.5 Å². The third-order valence-electron chi connectivity index (χ3n) is 7.91. The van der Waals surface area contributed by atoms with Crippen molar-refractivity contribution in [2.24, 2.45) is 5.41 Å². The molecule has 1 aliphatic heterocycles. The minimum absolute atomic E-state index is 0.0281. The topological polar surface area (TPSA) is 108 Å². The van der Waals surface area contributed by atoms with Gasteiger partial charge in [-0.25, -0.2) is 0 Å². The van der Waals surface area contributed by atoms with Crippen LogP contribution in [0.3, 0.4) is 0 Å². The van der Waals surface area contributed by atoms with E-state index < -0.39 is 36.0 Å². The first-order valence-corrected chi connectivity index (χ1v) is 15.0. The van der Waals surface area contributed by atoms with Gasteiger partial charge in [-0.15, -0.1) is 0 Å². The zero-order valence-electron chi connectivity index (χ0n) is 25.7. The van der Waals surface area contributed by atoms with Gasteiger partial charge in [0.25, 0.3) is 0 Å². The van der Waals surface area contributed by atoms with Gasteiger partial charge < -0.3 is 20.9 Å². The van der Waals surface area contributed by atoms with Crippen LogP contribution < -0.4 is 16.0 Å². The number of carbonyl (C=O) groups is 4. The van der Waals surface area contributed by atoms with Gasteiger partial charge in [-0.05, 0) is 61.1 Å². The Bertz CT molecular complexity index is 1280. The summed E-state index contributed by atoms with van der Waals surface area (Å²) < 4.78 is 31.2. The zero-order valence-corrected chi connectivity index (χ0v) is 25.7. The summed E-state index contributed by atoms with van der Waals surface area (Å²) in [6.07, 6.45) is -1.34. The van der Waals surface area contributed by atoms with Gasteiger partial charge in [0.15, 0.2) is 0 Å². The molecule has 0 aromatic heterocycles. The van der Waals surface area contributed by atoms with Crippen molar-refractivity contribution in [2.75, 3.05) is 6.54 Å². The lowest BCUT2D eigenvalue weighted by molar-refractivity contribution is -0.156. The predicted molar refractivity (Wildman–Crippen MR) is 161 cm³/mol. The van der Waals surface area contributed by atoms with Gasteiger partial charge in [-0.1, -0.05) is 75.4 Å². The van der Waals surface area contributed by atoms with Gasteiger partial charge in [-0.3, -0.25) is 19.2 Å². The second-order valence-electron chi connectivity index (χ2n) is 12.4. The van der Waals surface area contributed by atoms with Crippen molar-refractivity contribution < 1.29 is 32.3 Å². The molecule has 3 amide bonds. The normalized spacial score (nSPS) is 19.5. The smallest absolute Gasteiger partial charge is 0.347 e. The van der Waals surface area contributed by atoms with Crippen LogP contribution in [0, 0.1) is 5.41 Å². The molecule has 1 aliphatic carbocycles. The third kappa shape index (κ3) is 9.90. The number of halogens is 3. The minimum Gasteiger partial charge on any atom is -0.347 e. The van der Waals surface area contributed by atoms with Crippen LogP contribution >= 0.6 is 0 Å². The van der Waals surface area contributed by atoms with Crippen LogP contribution in [-0.4, -0.2) is 59.8 Å². The molecule has 0 spiro atoms. The number of carbonyl (C=O) groups excluding carboxylic acids is 4. The first-order valence-electron chi connectivity index (χ1n) is 15.0. The highest BCUT2D eigenvalue weighted by atomic mass is 19.4. The van der Waals surface area contributed by atoms with Gasteiger partial charge in [-0.2, -0.15) is 13.2 Å². The molecule has 1 fully saturated rings. The molecule has 1 heterocycles. The van der Waals surface area contributed by atoms with E-state index in [1.165, 1.54) is 11.1 Å². The van der Waals surface area contributed by atoms with E-state index in [4.69, 9.17) is 4.79 Å². The summed E-state index contributed by atoms with van der Waals surface area (Å²) in [6.45, 7) is 8.72. The maximum Gasteiger partial charge on any atom is 0.446 e. The number of hydrogen-bond donors (Lipinski definition) is 3. The number of rotatable bonds is 8. The number of aryl methyl sites for hydroxylation is 1. The number of nitrogens with one attached hydrogen (secondary N) is 3. The second kappa shape index (κ2) is 15.3. The van der Waals surface area contributed by atoms with E-state index in [9.17, 15) is 27.6 Å². The van der Waals surface area contributed by atoms with E-state index in [1.54, 1.807) is 11.8 Å². The van der Waals surface area contributed by atoms with E-state index in [-0.39, 0.29) is 23.8 Å². The molecule has 44 heavy (non-hydrogen) atoms. The summed E-state index contributed by atoms with van der Waals surface area (Å²) in [5.74, 6) is -0.523. The average Bonchev–Trinajstić information content (AvgIpc) is 3.49. The van der Waals surface area contributed by atoms with Crippen LogP contribution in [0.1, 0.15) is 76.1 Å². The second-order valence-corrected chi connectivity index (χ2v) is 12.4. The number of fused-ring (bicyclic) bond motifs is 1. The van der Waals surface area contributed by atoms with Crippen LogP contribution in [0.5, 0.6) is 0 Å². The number of aldehydes is 1. The molecule has 8 nitrogen and oxygen atoms in total. The van der Waals surface area contributed by atoms with Crippen LogP contribution in [0.4, 0.5) is 13.2 Å². The number of hydrogen-bond acceptors (Lipinski definition) is 5. The Labute approximate surface area is 257 Å². The lowest BCUT2D eigenvalue weighted by atomic mass is 9.85. The van der Waals surface area contributed by atoms with Crippen LogP contribution in [0.2, 0.25) is 0 Å². The molecule has 2 aliphatic rings. The molecule has 2 aromatic rings. The number of amides is 3. The number of alkyl halides is 3. The molecule has 0 bridgehead atoms. The van der Waals surface area contributed by atoms with E-state index >= 15 is 0 Å². The molecule has 0 saturated carbocycles. The molecule has 3 N–H and O–H groups in total. The Morgan fingerprint density at radius 2 is 1.61 bits per heavy atom. The molecular formula is C33H43F3N4O4. The quantitative estimate of drug-likeness (QED) is 0.375. The number of nitrogens with zero attached hydrogens (tertiary/aromatic N) is 1. The fourth-order valence-corrected chi connectivity index (χ4v) is 5.52. The van der Waals surface area contributed by atoms with Crippen molar-refractivity contribution in [2.45, 2.75) is 96.7 Å². The third-order valence-corrected chi connectivity index (χ3v) is 7.91. The minimum atomic E-state index is -4.64. The van der Waals surface area contributed by atoms with Crippen LogP contribution in [0.25, 0.3) is 0 Å². The van der Waals surface area contributed by atoms with Crippen LogP contribution in [-0.2, 0) is 32.1 Å². The largest absolute Gasteiger partial charge is 0.446 e. The standard InChI is InChI=1S/C31H42N4O3.C2HF3O/c1-21(32-20-22-12-6-5-7-13-22)28(36)34-27(31(2,3)4)30(38)35-19-11-18-26(35)29(37)33-25-17-10-15-23-14-8-9-16-24(23)25;3-2(4,5)1-6/h5-9,12-14,16,21,25-27,32H,10-11,15,17-20H2,1-4H3,(H,33,37)(H,34,36);1H/t21-,25+,26+,27-;/m0./s1. The Balaban J connectivity index is 0.000000801. The van der Waals surface area contributed by atoms with E-state index in [0.717, 1.165) is 31.2 Å². The van der Waals surface area contributed by atoms with Gasteiger partial charge in [0.2, 0.25) is 24.0 Å². The molecule has 0 unspecified atom stereocenters. The molecule has 240 valence electrons. The van der Waals surface area contributed by atoms with Crippen molar-refractivity contribution >= 4 is 24.0 Å². The summed E-state index contributed by atoms with van der Waals surface area (Å²) in [7, 11) is 0. The Hall–Kier alpha value is -3.73. The SMILES string of the molecule is C[C@H](NCc1ccccc1)C(=O)N[C@@H](C(=O)N1CCC[C@@H]1C(=O)N[C@@H]1CCCc2ccccc21)C(C)(C)C.O=CC(F)(F)F. The molecule has 4 rings (SSSR count). The Morgan fingerprint density at radius 3 is 2.25 bits per heavy atom. The Morgan fingerprint density at radius 1 is 0.977 bits per heavy atom. The molecule has 0 radical (unpaired) electrons.